The van der Waals surface area contributed by atoms with Gasteiger partial charge in [-0.15, -0.1) is 11.8 Å². The average Bonchev–Trinajstić information content (AvgIpc) is 3.36. The van der Waals surface area contributed by atoms with E-state index in [9.17, 15) is 9.59 Å². The lowest BCUT2D eigenvalue weighted by Crippen LogP contribution is -2.14. The second-order valence-electron chi connectivity index (χ2n) is 6.98. The topological polar surface area (TPSA) is 118 Å². The summed E-state index contributed by atoms with van der Waals surface area (Å²) in [5.74, 6) is -0.164. The van der Waals surface area contributed by atoms with Crippen molar-refractivity contribution in [2.45, 2.75) is 11.5 Å². The molecule has 1 amide bonds. The van der Waals surface area contributed by atoms with Gasteiger partial charge in [0.05, 0.1) is 22.9 Å². The molecule has 0 spiro atoms. The Labute approximate surface area is 199 Å². The van der Waals surface area contributed by atoms with Crippen LogP contribution in [0.1, 0.15) is 21.8 Å². The van der Waals surface area contributed by atoms with Gasteiger partial charge in [0.15, 0.2) is 6.61 Å². The van der Waals surface area contributed by atoms with Crippen LogP contribution in [0.2, 0.25) is 0 Å². The first-order chi connectivity index (χ1) is 16.6. The van der Waals surface area contributed by atoms with Gasteiger partial charge in [-0.1, -0.05) is 53.7 Å². The molecule has 1 heterocycles. The zero-order valence-electron chi connectivity index (χ0n) is 17.8. The number of ether oxygens (including phenoxy) is 1. The molecule has 0 aliphatic rings. The van der Waals surface area contributed by atoms with Gasteiger partial charge >= 0.3 is 5.97 Å². The van der Waals surface area contributed by atoms with Crippen LogP contribution in [0.3, 0.4) is 0 Å². The van der Waals surface area contributed by atoms with E-state index in [2.05, 4.69) is 15.5 Å². The number of anilines is 1. The molecule has 9 heteroatoms. The van der Waals surface area contributed by atoms with Crippen LogP contribution < -0.4 is 5.32 Å². The third-order valence-corrected chi connectivity index (χ3v) is 5.64. The molecule has 168 valence electrons. The minimum Gasteiger partial charge on any atom is -0.452 e. The van der Waals surface area contributed by atoms with E-state index in [1.165, 1.54) is 11.8 Å². The molecule has 8 nitrogen and oxygen atoms in total. The Morgan fingerprint density at radius 2 is 1.82 bits per heavy atom. The number of hydrogen-bond donors (Lipinski definition) is 1. The maximum atomic E-state index is 12.7. The summed E-state index contributed by atoms with van der Waals surface area (Å²) < 4.78 is 10.5. The summed E-state index contributed by atoms with van der Waals surface area (Å²) in [6.45, 7) is -0.173. The maximum Gasteiger partial charge on any atom is 0.339 e. The fraction of sp³-hybridized carbons (Fsp3) is 0.0800. The van der Waals surface area contributed by atoms with Crippen LogP contribution >= 0.6 is 11.8 Å². The van der Waals surface area contributed by atoms with E-state index in [-0.39, 0.29) is 24.2 Å². The minimum absolute atomic E-state index is 0.0746. The van der Waals surface area contributed by atoms with E-state index in [0.717, 1.165) is 5.56 Å². The van der Waals surface area contributed by atoms with Gasteiger partial charge in [0.25, 0.3) is 5.89 Å². The van der Waals surface area contributed by atoms with Crippen LogP contribution in [0.5, 0.6) is 0 Å². The summed E-state index contributed by atoms with van der Waals surface area (Å²) in [5, 5.41) is 15.6. The number of nitriles is 1. The maximum absolute atomic E-state index is 12.7. The van der Waals surface area contributed by atoms with Crippen LogP contribution in [0.25, 0.3) is 11.4 Å². The molecule has 0 fully saturated rings. The predicted molar refractivity (Wildman–Crippen MR) is 126 cm³/mol. The number of esters is 1. The average molecular weight is 471 g/mol. The molecule has 0 aliphatic heterocycles. The van der Waals surface area contributed by atoms with Gasteiger partial charge in [0.2, 0.25) is 11.7 Å². The first kappa shape index (κ1) is 22.8. The van der Waals surface area contributed by atoms with Gasteiger partial charge in [0.1, 0.15) is 0 Å². The third kappa shape index (κ3) is 5.88. The van der Waals surface area contributed by atoms with Crippen LogP contribution in [-0.2, 0) is 16.1 Å². The summed E-state index contributed by atoms with van der Waals surface area (Å²) in [7, 11) is 0. The van der Waals surface area contributed by atoms with Crippen molar-refractivity contribution >= 4 is 29.3 Å². The number of carbonyl (C=O) groups is 2. The van der Waals surface area contributed by atoms with E-state index in [1.54, 1.807) is 48.5 Å². The molecule has 1 aromatic heterocycles. The Balaban J connectivity index is 1.34. The van der Waals surface area contributed by atoms with Crippen molar-refractivity contribution in [1.29, 1.82) is 5.26 Å². The van der Waals surface area contributed by atoms with E-state index in [1.807, 2.05) is 36.4 Å². The fourth-order valence-electron chi connectivity index (χ4n) is 2.99. The van der Waals surface area contributed by atoms with Crippen molar-refractivity contribution in [3.63, 3.8) is 0 Å². The van der Waals surface area contributed by atoms with Crippen molar-refractivity contribution in [2.24, 2.45) is 0 Å². The first-order valence-electron chi connectivity index (χ1n) is 10.2. The predicted octanol–water partition coefficient (Wildman–Crippen LogP) is 4.70. The number of rotatable bonds is 8. The minimum atomic E-state index is -0.565. The van der Waals surface area contributed by atoms with E-state index in [4.69, 9.17) is 14.5 Å². The SMILES string of the molecule is N#Cc1cccc(NC(=O)CSc2ccccc2C(=O)OCc2nc(-c3ccccc3)no2)c1. The zero-order valence-corrected chi connectivity index (χ0v) is 18.6. The Bertz CT molecular complexity index is 1350. The molecule has 1 N–H and O–H groups in total. The largest absolute Gasteiger partial charge is 0.452 e. The lowest BCUT2D eigenvalue weighted by atomic mass is 10.2. The molecule has 34 heavy (non-hydrogen) atoms. The molecule has 4 aromatic rings. The van der Waals surface area contributed by atoms with Crippen LogP contribution in [0.4, 0.5) is 5.69 Å². The number of thioether (sulfide) groups is 1. The van der Waals surface area contributed by atoms with E-state index in [0.29, 0.717) is 27.5 Å². The smallest absolute Gasteiger partial charge is 0.339 e. The summed E-state index contributed by atoms with van der Waals surface area (Å²) in [5.41, 5.74) is 2.11. The Hall–Kier alpha value is -4.42. The van der Waals surface area contributed by atoms with Gasteiger partial charge in [-0.2, -0.15) is 10.2 Å². The summed E-state index contributed by atoms with van der Waals surface area (Å²) in [6, 6.07) is 24.9. The number of nitrogens with zero attached hydrogens (tertiary/aromatic N) is 3. The Morgan fingerprint density at radius 1 is 1.03 bits per heavy atom. The van der Waals surface area contributed by atoms with Crippen molar-refractivity contribution < 1.29 is 18.8 Å². The number of carbonyl (C=O) groups excluding carboxylic acids is 2. The number of hydrogen-bond acceptors (Lipinski definition) is 8. The molecular weight excluding hydrogens is 452 g/mol. The molecule has 0 saturated carbocycles. The molecular formula is C25H18N4O4S. The molecule has 4 rings (SSSR count). The number of nitrogens with one attached hydrogen (secondary N) is 1. The molecule has 0 bridgehead atoms. The highest BCUT2D eigenvalue weighted by molar-refractivity contribution is 8.00. The molecule has 3 aromatic carbocycles. The highest BCUT2D eigenvalue weighted by atomic mass is 32.2. The Kier molecular flexibility index (Phi) is 7.32. The molecule has 0 unspecified atom stereocenters. The second-order valence-corrected chi connectivity index (χ2v) is 8.00. The summed E-state index contributed by atoms with van der Waals surface area (Å²) in [4.78, 5) is 29.9. The highest BCUT2D eigenvalue weighted by Gasteiger charge is 2.16. The van der Waals surface area contributed by atoms with Crippen molar-refractivity contribution in [2.75, 3.05) is 11.1 Å². The normalized spacial score (nSPS) is 10.3. The summed E-state index contributed by atoms with van der Waals surface area (Å²) in [6.07, 6.45) is 0. The zero-order chi connectivity index (χ0) is 23.8. The lowest BCUT2D eigenvalue weighted by Gasteiger charge is -2.09. The van der Waals surface area contributed by atoms with Crippen LogP contribution in [0.15, 0.2) is 88.3 Å². The first-order valence-corrected chi connectivity index (χ1v) is 11.2. The number of amides is 1. The second kappa shape index (κ2) is 10.9. The van der Waals surface area contributed by atoms with Crippen molar-refractivity contribution in [1.82, 2.24) is 10.1 Å². The van der Waals surface area contributed by atoms with Gasteiger partial charge in [-0.05, 0) is 30.3 Å². The standard InChI is InChI=1S/C25H18N4O4S/c26-14-17-7-6-10-19(13-17)27-22(30)16-34-21-12-5-4-11-20(21)25(31)32-15-23-28-24(29-33-23)18-8-2-1-3-9-18/h1-13H,15-16H2,(H,27,30). The number of benzene rings is 3. The van der Waals surface area contributed by atoms with Crippen molar-refractivity contribution in [3.05, 3.63) is 95.9 Å². The van der Waals surface area contributed by atoms with Gasteiger partial charge in [0, 0.05) is 16.1 Å². The highest BCUT2D eigenvalue weighted by Crippen LogP contribution is 2.24. The Morgan fingerprint density at radius 3 is 2.65 bits per heavy atom. The summed E-state index contributed by atoms with van der Waals surface area (Å²) >= 11 is 1.21. The lowest BCUT2D eigenvalue weighted by molar-refractivity contribution is -0.113. The van der Waals surface area contributed by atoms with Gasteiger partial charge < -0.3 is 14.6 Å². The molecule has 0 atom stereocenters. The van der Waals surface area contributed by atoms with E-state index < -0.39 is 5.97 Å². The van der Waals surface area contributed by atoms with Gasteiger partial charge in [-0.3, -0.25) is 4.79 Å². The quantitative estimate of drug-likeness (QED) is 0.291. The molecule has 0 saturated heterocycles. The monoisotopic (exact) mass is 470 g/mol. The number of aromatic nitrogens is 2. The van der Waals surface area contributed by atoms with Crippen LogP contribution in [0, 0.1) is 11.3 Å². The van der Waals surface area contributed by atoms with Crippen LogP contribution in [-0.4, -0.2) is 27.8 Å². The van der Waals surface area contributed by atoms with Gasteiger partial charge in [-0.25, -0.2) is 4.79 Å². The molecule has 0 aliphatic carbocycles. The fourth-order valence-corrected chi connectivity index (χ4v) is 3.83. The van der Waals surface area contributed by atoms with Crippen molar-refractivity contribution in [3.8, 4) is 17.5 Å². The molecule has 0 radical (unpaired) electrons. The third-order valence-electron chi connectivity index (χ3n) is 4.57. The van der Waals surface area contributed by atoms with E-state index >= 15 is 0 Å².